The van der Waals surface area contributed by atoms with Crippen molar-refractivity contribution in [3.05, 3.63) is 24.0 Å². The van der Waals surface area contributed by atoms with Gasteiger partial charge in [0.05, 0.1) is 12.1 Å². The summed E-state index contributed by atoms with van der Waals surface area (Å²) in [6, 6.07) is 1.15. The van der Waals surface area contributed by atoms with Crippen molar-refractivity contribution >= 4 is 6.09 Å². The van der Waals surface area contributed by atoms with E-state index in [9.17, 15) is 9.90 Å². The second-order valence-electron chi connectivity index (χ2n) is 6.46. The Kier molecular flexibility index (Phi) is 6.17. The van der Waals surface area contributed by atoms with Crippen molar-refractivity contribution in [2.45, 2.75) is 65.4 Å². The highest BCUT2D eigenvalue weighted by Crippen LogP contribution is 2.27. The zero-order valence-corrected chi connectivity index (χ0v) is 14.1. The van der Waals surface area contributed by atoms with Gasteiger partial charge in [0, 0.05) is 18.0 Å². The number of pyridine rings is 1. The van der Waals surface area contributed by atoms with Gasteiger partial charge in [-0.05, 0) is 47.6 Å². The summed E-state index contributed by atoms with van der Waals surface area (Å²) in [5.74, 6) is 0.551. The van der Waals surface area contributed by atoms with Crippen LogP contribution in [0.25, 0.3) is 0 Å². The molecule has 0 spiro atoms. The molecule has 1 amide bonds. The van der Waals surface area contributed by atoms with Crippen LogP contribution in [-0.4, -0.2) is 33.9 Å². The van der Waals surface area contributed by atoms with Gasteiger partial charge in [0.2, 0.25) is 0 Å². The molecule has 0 saturated heterocycles. The number of amides is 1. The number of ether oxygens (including phenoxy) is 2. The molecule has 0 bridgehead atoms. The third kappa shape index (κ3) is 5.89. The van der Waals surface area contributed by atoms with Crippen LogP contribution in [0.4, 0.5) is 4.79 Å². The SMILES string of the molecule is CC(C)Oc1ccncc1C(O)[C@@H](C)NC(=O)OC(C)(C)C. The lowest BCUT2D eigenvalue weighted by atomic mass is 10.0. The molecule has 1 heterocycles. The summed E-state index contributed by atoms with van der Waals surface area (Å²) in [5, 5.41) is 13.1. The lowest BCUT2D eigenvalue weighted by Gasteiger charge is -2.25. The standard InChI is InChI=1S/C16H26N2O4/c1-10(2)21-13-7-8-17-9-12(13)14(19)11(3)18-15(20)22-16(4,5)6/h7-11,14,19H,1-6H3,(H,18,20)/t11-,14?/m1/s1. The van der Waals surface area contributed by atoms with Gasteiger partial charge in [-0.2, -0.15) is 0 Å². The van der Waals surface area contributed by atoms with Crippen LogP contribution in [0.2, 0.25) is 0 Å². The van der Waals surface area contributed by atoms with Gasteiger partial charge < -0.3 is 19.9 Å². The summed E-state index contributed by atoms with van der Waals surface area (Å²) in [6.45, 7) is 10.8. The predicted octanol–water partition coefficient (Wildman–Crippen LogP) is 2.82. The minimum absolute atomic E-state index is 0.0255. The molecular formula is C16H26N2O4. The van der Waals surface area contributed by atoms with Crippen LogP contribution in [0.3, 0.4) is 0 Å². The largest absolute Gasteiger partial charge is 0.491 e. The Morgan fingerprint density at radius 2 is 1.95 bits per heavy atom. The topological polar surface area (TPSA) is 80.7 Å². The summed E-state index contributed by atoms with van der Waals surface area (Å²) in [6.07, 6.45) is 1.59. The van der Waals surface area contributed by atoms with E-state index in [2.05, 4.69) is 10.3 Å². The Morgan fingerprint density at radius 1 is 1.32 bits per heavy atom. The number of nitrogens with zero attached hydrogens (tertiary/aromatic N) is 1. The molecule has 0 aliphatic carbocycles. The fraction of sp³-hybridized carbons (Fsp3) is 0.625. The van der Waals surface area contributed by atoms with Crippen molar-refractivity contribution in [2.24, 2.45) is 0 Å². The first-order chi connectivity index (χ1) is 10.1. The molecular weight excluding hydrogens is 284 g/mol. The van der Waals surface area contributed by atoms with Crippen molar-refractivity contribution in [1.29, 1.82) is 0 Å². The van der Waals surface area contributed by atoms with E-state index in [1.54, 1.807) is 40.0 Å². The molecule has 6 heteroatoms. The molecule has 2 atom stereocenters. The number of carbonyl (C=O) groups excluding carboxylic acids is 1. The van der Waals surface area contributed by atoms with Gasteiger partial charge in [0.25, 0.3) is 0 Å². The normalized spacial score (nSPS) is 14.4. The highest BCUT2D eigenvalue weighted by molar-refractivity contribution is 5.68. The Bertz CT molecular complexity index is 497. The molecule has 0 radical (unpaired) electrons. The summed E-state index contributed by atoms with van der Waals surface area (Å²) in [7, 11) is 0. The van der Waals surface area contributed by atoms with Crippen LogP contribution in [0.1, 0.15) is 53.2 Å². The lowest BCUT2D eigenvalue weighted by molar-refractivity contribution is 0.0431. The fourth-order valence-corrected chi connectivity index (χ4v) is 1.82. The van der Waals surface area contributed by atoms with Crippen LogP contribution in [-0.2, 0) is 4.74 Å². The third-order valence-corrected chi connectivity index (χ3v) is 2.71. The molecule has 0 fully saturated rings. The number of aliphatic hydroxyl groups is 1. The minimum Gasteiger partial charge on any atom is -0.491 e. The molecule has 1 rings (SSSR count). The first kappa shape index (κ1) is 18.2. The molecule has 1 aromatic heterocycles. The van der Waals surface area contributed by atoms with Gasteiger partial charge in [-0.3, -0.25) is 4.98 Å². The van der Waals surface area contributed by atoms with Crippen LogP contribution < -0.4 is 10.1 Å². The highest BCUT2D eigenvalue weighted by Gasteiger charge is 2.24. The molecule has 0 aromatic carbocycles. The monoisotopic (exact) mass is 310 g/mol. The fourth-order valence-electron chi connectivity index (χ4n) is 1.82. The third-order valence-electron chi connectivity index (χ3n) is 2.71. The van der Waals surface area contributed by atoms with Crippen LogP contribution in [0.5, 0.6) is 5.75 Å². The molecule has 0 saturated carbocycles. The number of hydrogen-bond acceptors (Lipinski definition) is 5. The van der Waals surface area contributed by atoms with Gasteiger partial charge >= 0.3 is 6.09 Å². The number of carbonyl (C=O) groups is 1. The molecule has 6 nitrogen and oxygen atoms in total. The maximum absolute atomic E-state index is 11.8. The molecule has 124 valence electrons. The summed E-state index contributed by atoms with van der Waals surface area (Å²) in [4.78, 5) is 15.8. The second-order valence-corrected chi connectivity index (χ2v) is 6.46. The first-order valence-electron chi connectivity index (χ1n) is 7.38. The second kappa shape index (κ2) is 7.45. The Hall–Kier alpha value is -1.82. The minimum atomic E-state index is -0.949. The highest BCUT2D eigenvalue weighted by atomic mass is 16.6. The summed E-state index contributed by atoms with van der Waals surface area (Å²) in [5.41, 5.74) is -0.0608. The van der Waals surface area contributed by atoms with E-state index >= 15 is 0 Å². The quantitative estimate of drug-likeness (QED) is 0.874. The van der Waals surface area contributed by atoms with Crippen molar-refractivity contribution < 1.29 is 19.4 Å². The van der Waals surface area contributed by atoms with Gasteiger partial charge in [-0.1, -0.05) is 0 Å². The van der Waals surface area contributed by atoms with Gasteiger partial charge in [0.1, 0.15) is 17.5 Å². The first-order valence-corrected chi connectivity index (χ1v) is 7.38. The van der Waals surface area contributed by atoms with E-state index < -0.39 is 23.8 Å². The van der Waals surface area contributed by atoms with E-state index in [1.165, 1.54) is 6.20 Å². The van der Waals surface area contributed by atoms with Gasteiger partial charge in [0.15, 0.2) is 0 Å². The Labute approximate surface area is 131 Å². The number of aliphatic hydroxyl groups excluding tert-OH is 1. The van der Waals surface area contributed by atoms with E-state index in [0.29, 0.717) is 11.3 Å². The van der Waals surface area contributed by atoms with Crippen LogP contribution >= 0.6 is 0 Å². The molecule has 0 aliphatic heterocycles. The molecule has 1 unspecified atom stereocenters. The zero-order valence-electron chi connectivity index (χ0n) is 14.1. The van der Waals surface area contributed by atoms with Crippen molar-refractivity contribution in [1.82, 2.24) is 10.3 Å². The number of rotatable bonds is 5. The van der Waals surface area contributed by atoms with E-state index in [4.69, 9.17) is 9.47 Å². The van der Waals surface area contributed by atoms with Crippen LogP contribution in [0.15, 0.2) is 18.5 Å². The smallest absolute Gasteiger partial charge is 0.407 e. The molecule has 22 heavy (non-hydrogen) atoms. The Morgan fingerprint density at radius 3 is 2.50 bits per heavy atom. The molecule has 2 N–H and O–H groups in total. The molecule has 1 aromatic rings. The lowest BCUT2D eigenvalue weighted by Crippen LogP contribution is -2.40. The number of alkyl carbamates (subject to hydrolysis) is 1. The summed E-state index contributed by atoms with van der Waals surface area (Å²) >= 11 is 0. The average molecular weight is 310 g/mol. The summed E-state index contributed by atoms with van der Waals surface area (Å²) < 4.78 is 10.8. The number of hydrogen-bond donors (Lipinski definition) is 2. The van der Waals surface area contributed by atoms with Gasteiger partial charge in [-0.25, -0.2) is 4.79 Å². The van der Waals surface area contributed by atoms with Crippen LogP contribution in [0, 0.1) is 0 Å². The van der Waals surface area contributed by atoms with E-state index in [1.807, 2.05) is 13.8 Å². The van der Waals surface area contributed by atoms with Crippen molar-refractivity contribution in [3.63, 3.8) is 0 Å². The average Bonchev–Trinajstić information content (AvgIpc) is 2.35. The van der Waals surface area contributed by atoms with Crippen molar-refractivity contribution in [3.8, 4) is 5.75 Å². The van der Waals surface area contributed by atoms with E-state index in [-0.39, 0.29) is 6.10 Å². The number of nitrogens with one attached hydrogen (secondary N) is 1. The number of aromatic nitrogens is 1. The maximum atomic E-state index is 11.8. The predicted molar refractivity (Wildman–Crippen MR) is 83.8 cm³/mol. The Balaban J connectivity index is 2.78. The maximum Gasteiger partial charge on any atom is 0.407 e. The van der Waals surface area contributed by atoms with E-state index in [0.717, 1.165) is 0 Å². The molecule has 0 aliphatic rings. The van der Waals surface area contributed by atoms with Crippen molar-refractivity contribution in [2.75, 3.05) is 0 Å². The zero-order chi connectivity index (χ0) is 16.9. The van der Waals surface area contributed by atoms with Gasteiger partial charge in [-0.15, -0.1) is 0 Å².